The van der Waals surface area contributed by atoms with Gasteiger partial charge in [0.25, 0.3) is 0 Å². The third-order valence-electron chi connectivity index (χ3n) is 6.81. The lowest BCUT2D eigenvalue weighted by atomic mass is 10.0. The molecule has 19 nitrogen and oxygen atoms in total. The number of carbonyl (C=O) groups excluding carboxylic acids is 4. The first-order chi connectivity index (χ1) is 20.7. The standard InChI is InChI=1S/2C14H16N2O6.3H2O/c2*17-10-3-1-7(6-11(10)18)5-9(14(21)22)16-13(20)8-2-4-12(19)15-8;;;/h2*1,3,6,8-9,17-18H,2,4-5H2,(H,15,19)(H,16,20)(H,21,22);3*1H2/t2*8-,9-;;;/m00.../s1. The van der Waals surface area contributed by atoms with E-state index < -0.39 is 47.9 Å². The largest absolute Gasteiger partial charge is 0.504 e. The number of hydrogen-bond acceptors (Lipinski definition) is 10. The molecule has 0 aliphatic carbocycles. The molecule has 0 spiro atoms. The van der Waals surface area contributed by atoms with E-state index in [1.54, 1.807) is 0 Å². The molecule has 0 saturated carbocycles. The minimum Gasteiger partial charge on any atom is -0.504 e. The molecule has 2 aromatic rings. The molecule has 0 radical (unpaired) electrons. The van der Waals surface area contributed by atoms with Crippen molar-refractivity contribution in [2.75, 3.05) is 0 Å². The minimum atomic E-state index is -1.23. The normalized spacial score (nSPS) is 17.4. The van der Waals surface area contributed by atoms with E-state index in [1.165, 1.54) is 36.4 Å². The summed E-state index contributed by atoms with van der Waals surface area (Å²) in [4.78, 5) is 68.5. The van der Waals surface area contributed by atoms with Crippen LogP contribution in [0.1, 0.15) is 36.8 Å². The van der Waals surface area contributed by atoms with Crippen molar-refractivity contribution in [1.29, 1.82) is 0 Å². The number of amides is 4. The van der Waals surface area contributed by atoms with Crippen LogP contribution in [-0.4, -0.2) is 107 Å². The number of carboxylic acids is 2. The summed E-state index contributed by atoms with van der Waals surface area (Å²) in [5.41, 5.74) is 0.886. The second-order valence-corrected chi connectivity index (χ2v) is 10.2. The van der Waals surface area contributed by atoms with E-state index in [4.69, 9.17) is 0 Å². The number of rotatable bonds is 10. The number of phenolic OH excluding ortho intramolecular Hbond substituents is 4. The number of benzene rings is 2. The highest BCUT2D eigenvalue weighted by Crippen LogP contribution is 2.26. The van der Waals surface area contributed by atoms with Crippen LogP contribution < -0.4 is 21.3 Å². The Labute approximate surface area is 266 Å². The summed E-state index contributed by atoms with van der Waals surface area (Å²) in [5.74, 6) is -5.40. The van der Waals surface area contributed by atoms with Crippen LogP contribution in [0.3, 0.4) is 0 Å². The van der Waals surface area contributed by atoms with Crippen LogP contribution in [0.15, 0.2) is 36.4 Å². The van der Waals surface area contributed by atoms with Crippen molar-refractivity contribution in [3.05, 3.63) is 47.5 Å². The van der Waals surface area contributed by atoms with Gasteiger partial charge in [0.15, 0.2) is 23.0 Å². The fourth-order valence-electron chi connectivity index (χ4n) is 4.43. The van der Waals surface area contributed by atoms with Crippen molar-refractivity contribution in [1.82, 2.24) is 21.3 Å². The van der Waals surface area contributed by atoms with Crippen LogP contribution >= 0.6 is 0 Å². The first kappa shape index (κ1) is 41.3. The zero-order chi connectivity index (χ0) is 32.6. The highest BCUT2D eigenvalue weighted by molar-refractivity contribution is 5.93. The van der Waals surface area contributed by atoms with Gasteiger partial charge in [0.2, 0.25) is 23.6 Å². The summed E-state index contributed by atoms with van der Waals surface area (Å²) in [6.45, 7) is 0. The Bertz CT molecular complexity index is 1340. The van der Waals surface area contributed by atoms with Gasteiger partial charge in [-0.25, -0.2) is 9.59 Å². The van der Waals surface area contributed by atoms with E-state index in [0.717, 1.165) is 0 Å². The van der Waals surface area contributed by atoms with Crippen LogP contribution in [0.2, 0.25) is 0 Å². The second-order valence-electron chi connectivity index (χ2n) is 10.2. The third kappa shape index (κ3) is 12.0. The Morgan fingerprint density at radius 3 is 1.23 bits per heavy atom. The fourth-order valence-corrected chi connectivity index (χ4v) is 4.43. The third-order valence-corrected chi connectivity index (χ3v) is 6.81. The summed E-state index contributed by atoms with van der Waals surface area (Å²) in [5, 5.41) is 65.3. The number of aromatic hydroxyl groups is 4. The number of carbonyl (C=O) groups is 6. The average molecular weight is 671 g/mol. The molecule has 47 heavy (non-hydrogen) atoms. The SMILES string of the molecule is O.O.O.O=C1CC[C@@H](C(=O)N[C@@H](Cc2ccc(O)c(O)c2)C(=O)O)N1.O=C1CC[C@@H](C(=O)N[C@@H](Cc2ccc(O)c(O)c2)C(=O)O)N1. The first-order valence-corrected chi connectivity index (χ1v) is 13.4. The summed E-state index contributed by atoms with van der Waals surface area (Å²) in [7, 11) is 0. The quantitative estimate of drug-likeness (QED) is 0.110. The van der Waals surface area contributed by atoms with E-state index in [9.17, 15) is 59.4 Å². The second kappa shape index (κ2) is 18.3. The molecule has 16 N–H and O–H groups in total. The smallest absolute Gasteiger partial charge is 0.326 e. The molecule has 4 rings (SSSR count). The topological polar surface area (TPSA) is 366 Å². The molecule has 0 unspecified atom stereocenters. The van der Waals surface area contributed by atoms with E-state index in [1.807, 2.05) is 0 Å². The zero-order valence-corrected chi connectivity index (χ0v) is 24.6. The van der Waals surface area contributed by atoms with Crippen LogP contribution in [0, 0.1) is 0 Å². The maximum Gasteiger partial charge on any atom is 0.326 e. The molecular weight excluding hydrogens is 632 g/mol. The van der Waals surface area contributed by atoms with Crippen molar-refractivity contribution in [2.45, 2.75) is 62.7 Å². The monoisotopic (exact) mass is 670 g/mol. The molecule has 19 heteroatoms. The highest BCUT2D eigenvalue weighted by atomic mass is 16.4. The molecule has 4 atom stereocenters. The molecule has 2 aliphatic rings. The predicted octanol–water partition coefficient (Wildman–Crippen LogP) is -3.50. The van der Waals surface area contributed by atoms with Crippen LogP contribution in [0.4, 0.5) is 0 Å². The molecule has 4 amide bonds. The van der Waals surface area contributed by atoms with Gasteiger partial charge in [0.1, 0.15) is 24.2 Å². The van der Waals surface area contributed by atoms with Gasteiger partial charge in [-0.2, -0.15) is 0 Å². The minimum absolute atomic E-state index is 0. The van der Waals surface area contributed by atoms with Gasteiger partial charge >= 0.3 is 11.9 Å². The van der Waals surface area contributed by atoms with Gasteiger partial charge in [0.05, 0.1) is 0 Å². The highest BCUT2D eigenvalue weighted by Gasteiger charge is 2.31. The molecule has 2 heterocycles. The van der Waals surface area contributed by atoms with Gasteiger partial charge in [-0.05, 0) is 48.2 Å². The molecule has 0 aromatic heterocycles. The molecule has 260 valence electrons. The Balaban J connectivity index is 0.000000846. The number of phenols is 4. The van der Waals surface area contributed by atoms with Crippen molar-refractivity contribution >= 4 is 35.6 Å². The lowest BCUT2D eigenvalue weighted by molar-refractivity contribution is -0.142. The van der Waals surface area contributed by atoms with E-state index >= 15 is 0 Å². The first-order valence-electron chi connectivity index (χ1n) is 13.4. The van der Waals surface area contributed by atoms with Crippen molar-refractivity contribution in [2.24, 2.45) is 0 Å². The zero-order valence-electron chi connectivity index (χ0n) is 24.6. The predicted molar refractivity (Wildman–Crippen MR) is 159 cm³/mol. The Hall–Kier alpha value is -5.66. The van der Waals surface area contributed by atoms with Crippen molar-refractivity contribution < 1.29 is 75.8 Å². The van der Waals surface area contributed by atoms with E-state index in [2.05, 4.69) is 21.3 Å². The van der Waals surface area contributed by atoms with Gasteiger partial charge < -0.3 is 68.3 Å². The molecular formula is C28H38N4O15. The van der Waals surface area contributed by atoms with Crippen molar-refractivity contribution in [3.63, 3.8) is 0 Å². The molecule has 2 aromatic carbocycles. The molecule has 2 aliphatic heterocycles. The molecule has 2 fully saturated rings. The fraction of sp³-hybridized carbons (Fsp3) is 0.357. The number of hydrogen-bond donors (Lipinski definition) is 10. The summed E-state index contributed by atoms with van der Waals surface area (Å²) < 4.78 is 0. The summed E-state index contributed by atoms with van der Waals surface area (Å²) in [6.07, 6.45) is 1.02. The Morgan fingerprint density at radius 1 is 0.638 bits per heavy atom. The maximum atomic E-state index is 11.9. The van der Waals surface area contributed by atoms with Crippen LogP contribution in [-0.2, 0) is 41.6 Å². The summed E-state index contributed by atoms with van der Waals surface area (Å²) >= 11 is 0. The van der Waals surface area contributed by atoms with E-state index in [0.29, 0.717) is 24.0 Å². The molecule has 0 bridgehead atoms. The number of nitrogens with one attached hydrogen (secondary N) is 4. The van der Waals surface area contributed by atoms with Crippen LogP contribution in [0.5, 0.6) is 23.0 Å². The molecule has 2 saturated heterocycles. The lowest BCUT2D eigenvalue weighted by Gasteiger charge is -2.17. The van der Waals surface area contributed by atoms with Gasteiger partial charge in [-0.15, -0.1) is 0 Å². The Morgan fingerprint density at radius 2 is 0.979 bits per heavy atom. The summed E-state index contributed by atoms with van der Waals surface area (Å²) in [6, 6.07) is 4.01. The van der Waals surface area contributed by atoms with Gasteiger partial charge in [-0.1, -0.05) is 12.1 Å². The van der Waals surface area contributed by atoms with Crippen LogP contribution in [0.25, 0.3) is 0 Å². The van der Waals surface area contributed by atoms with Gasteiger partial charge in [0, 0.05) is 25.7 Å². The van der Waals surface area contributed by atoms with E-state index in [-0.39, 0.29) is 76.9 Å². The average Bonchev–Trinajstić information content (AvgIpc) is 3.60. The van der Waals surface area contributed by atoms with Crippen molar-refractivity contribution in [3.8, 4) is 23.0 Å². The number of aliphatic carboxylic acids is 2. The van der Waals surface area contributed by atoms with Gasteiger partial charge in [-0.3, -0.25) is 19.2 Å². The Kier molecular flexibility index (Phi) is 16.1. The lowest BCUT2D eigenvalue weighted by Crippen LogP contribution is -2.49. The number of carboxylic acid groups (broad SMARTS) is 2. The maximum absolute atomic E-state index is 11.9.